The lowest BCUT2D eigenvalue weighted by molar-refractivity contribution is -0.142. The normalized spacial score (nSPS) is 11.4. The maximum absolute atomic E-state index is 10.8. The minimum atomic E-state index is -0.797. The van der Waals surface area contributed by atoms with Crippen LogP contribution >= 0.6 is 0 Å². The third-order valence-electron chi connectivity index (χ3n) is 5.62. The number of hydrogen-bond acceptors (Lipinski definition) is 2. The van der Waals surface area contributed by atoms with Crippen LogP contribution in [0.15, 0.2) is 91.0 Å². The second kappa shape index (κ2) is 12.4. The number of aliphatic carboxylic acids is 1. The highest BCUT2D eigenvalue weighted by molar-refractivity contribution is 5.80. The maximum atomic E-state index is 10.8. The Morgan fingerprint density at radius 3 is 1.21 bits per heavy atom. The van der Waals surface area contributed by atoms with E-state index in [9.17, 15) is 4.79 Å². The highest BCUT2D eigenvalue weighted by atomic mass is 16.4. The quantitative estimate of drug-likeness (QED) is 0.452. The van der Waals surface area contributed by atoms with Crippen molar-refractivity contribution in [2.24, 2.45) is 0 Å². The lowest BCUT2D eigenvalue weighted by Crippen LogP contribution is -2.28. The van der Waals surface area contributed by atoms with Crippen LogP contribution in [0.1, 0.15) is 65.2 Å². The molecule has 0 aromatic heterocycles. The average molecular weight is 449 g/mol. The van der Waals surface area contributed by atoms with E-state index in [2.05, 4.69) is 51.1 Å². The molecule has 0 spiro atoms. The van der Waals surface area contributed by atoms with Crippen molar-refractivity contribution >= 4 is 5.97 Å². The Balaban J connectivity index is 0.000000249. The number of hydrogen-bond donors (Lipinski definition) is 2. The summed E-state index contributed by atoms with van der Waals surface area (Å²) in [4.78, 5) is 10.8. The molecular weight excluding hydrogens is 408 g/mol. The van der Waals surface area contributed by atoms with Gasteiger partial charge in [0.1, 0.15) is 0 Å². The van der Waals surface area contributed by atoms with E-state index in [0.717, 1.165) is 5.56 Å². The number of benzene rings is 3. The summed E-state index contributed by atoms with van der Waals surface area (Å²) in [5, 5.41) is 17.9. The molecule has 0 aliphatic rings. The van der Waals surface area contributed by atoms with Gasteiger partial charge in [-0.3, -0.25) is 4.79 Å². The molecule has 3 nitrogen and oxygen atoms in total. The Hall–Kier alpha value is -2.91. The average Bonchev–Trinajstić information content (AvgIpc) is 2.81. The standard InChI is InChI=1S/C10H12O2.C10H14O.C10H14/c1-10(2,9(11)12)8-6-4-3-5-7-8;1-10(2,8-11)9-6-4-3-5-7-9;1-10(2,3)9-7-5-4-6-8-9/h3-7H,1-2H3,(H,11,12);3-7,11H,8H2,1-2H3;4-8H,1-3H3. The van der Waals surface area contributed by atoms with Crippen molar-refractivity contribution in [2.75, 3.05) is 6.61 Å². The second-order valence-corrected chi connectivity index (χ2v) is 10.3. The first-order valence-corrected chi connectivity index (χ1v) is 11.3. The zero-order valence-electron chi connectivity index (χ0n) is 21.2. The van der Waals surface area contributed by atoms with E-state index < -0.39 is 11.4 Å². The van der Waals surface area contributed by atoms with Crippen LogP contribution in [0.25, 0.3) is 0 Å². The zero-order chi connectivity index (χ0) is 25.1. The van der Waals surface area contributed by atoms with Crippen molar-refractivity contribution in [3.05, 3.63) is 108 Å². The Bertz CT molecular complexity index is 938. The van der Waals surface area contributed by atoms with Gasteiger partial charge in [0, 0.05) is 5.41 Å². The van der Waals surface area contributed by atoms with Crippen molar-refractivity contribution in [3.63, 3.8) is 0 Å². The molecule has 0 saturated carbocycles. The van der Waals surface area contributed by atoms with Crippen LogP contribution in [0, 0.1) is 0 Å². The van der Waals surface area contributed by atoms with Gasteiger partial charge in [-0.05, 0) is 36.0 Å². The molecule has 0 unspecified atom stereocenters. The van der Waals surface area contributed by atoms with Gasteiger partial charge in [-0.15, -0.1) is 0 Å². The molecule has 33 heavy (non-hydrogen) atoms. The summed E-state index contributed by atoms with van der Waals surface area (Å²) in [5.74, 6) is -0.797. The molecule has 0 bridgehead atoms. The fourth-order valence-electron chi connectivity index (χ4n) is 2.90. The zero-order valence-corrected chi connectivity index (χ0v) is 21.2. The van der Waals surface area contributed by atoms with Gasteiger partial charge in [0.25, 0.3) is 0 Å². The molecule has 0 saturated heterocycles. The van der Waals surface area contributed by atoms with Crippen LogP contribution in [0.3, 0.4) is 0 Å². The van der Waals surface area contributed by atoms with Gasteiger partial charge in [-0.1, -0.05) is 126 Å². The first-order valence-electron chi connectivity index (χ1n) is 11.3. The molecule has 3 rings (SSSR count). The van der Waals surface area contributed by atoms with E-state index in [4.69, 9.17) is 10.2 Å². The van der Waals surface area contributed by atoms with Gasteiger partial charge in [-0.2, -0.15) is 0 Å². The van der Waals surface area contributed by atoms with Gasteiger partial charge >= 0.3 is 5.97 Å². The first kappa shape index (κ1) is 28.1. The molecule has 0 heterocycles. The molecule has 2 N–H and O–H groups in total. The van der Waals surface area contributed by atoms with Crippen molar-refractivity contribution in [2.45, 2.75) is 64.7 Å². The molecule has 0 aliphatic carbocycles. The lowest BCUT2D eigenvalue weighted by Gasteiger charge is -2.21. The van der Waals surface area contributed by atoms with Gasteiger partial charge in [-0.25, -0.2) is 0 Å². The summed E-state index contributed by atoms with van der Waals surface area (Å²) in [5.41, 5.74) is 2.80. The molecule has 0 amide bonds. The Morgan fingerprint density at radius 2 is 0.939 bits per heavy atom. The molecule has 0 aliphatic heterocycles. The molecule has 0 radical (unpaired) electrons. The van der Waals surface area contributed by atoms with Crippen molar-refractivity contribution in [1.82, 2.24) is 0 Å². The van der Waals surface area contributed by atoms with Gasteiger partial charge in [0.15, 0.2) is 0 Å². The highest BCUT2D eigenvalue weighted by Crippen LogP contribution is 2.23. The van der Waals surface area contributed by atoms with Crippen molar-refractivity contribution in [1.29, 1.82) is 0 Å². The second-order valence-electron chi connectivity index (χ2n) is 10.3. The van der Waals surface area contributed by atoms with Crippen LogP contribution in [0.2, 0.25) is 0 Å². The number of carboxylic acids is 1. The smallest absolute Gasteiger partial charge is 0.313 e. The van der Waals surface area contributed by atoms with E-state index in [1.807, 2.05) is 74.5 Å². The maximum Gasteiger partial charge on any atom is 0.313 e. The van der Waals surface area contributed by atoms with Gasteiger partial charge in [0.05, 0.1) is 12.0 Å². The molecule has 3 aromatic carbocycles. The summed E-state index contributed by atoms with van der Waals surface area (Å²) < 4.78 is 0. The molecular formula is C30H40O3. The predicted molar refractivity (Wildman–Crippen MR) is 139 cm³/mol. The number of rotatable bonds is 4. The van der Waals surface area contributed by atoms with Crippen LogP contribution in [-0.4, -0.2) is 22.8 Å². The summed E-state index contributed by atoms with van der Waals surface area (Å²) in [6.07, 6.45) is 0. The Kier molecular flexibility index (Phi) is 10.5. The van der Waals surface area contributed by atoms with E-state index in [1.165, 1.54) is 11.1 Å². The minimum Gasteiger partial charge on any atom is -0.481 e. The molecule has 0 atom stereocenters. The summed E-state index contributed by atoms with van der Waals surface area (Å²) in [6.45, 7) is 14.3. The van der Waals surface area contributed by atoms with Crippen molar-refractivity contribution < 1.29 is 15.0 Å². The first-order chi connectivity index (χ1) is 15.3. The van der Waals surface area contributed by atoms with E-state index >= 15 is 0 Å². The predicted octanol–water partition coefficient (Wildman–Crippen LogP) is 6.99. The Labute approximate surface area is 200 Å². The minimum absolute atomic E-state index is 0.110. The van der Waals surface area contributed by atoms with E-state index in [1.54, 1.807) is 13.8 Å². The van der Waals surface area contributed by atoms with Crippen molar-refractivity contribution in [3.8, 4) is 0 Å². The third kappa shape index (κ3) is 9.23. The number of carboxylic acid groups (broad SMARTS) is 1. The fourth-order valence-corrected chi connectivity index (χ4v) is 2.90. The van der Waals surface area contributed by atoms with Crippen LogP contribution in [0.4, 0.5) is 0 Å². The molecule has 0 fully saturated rings. The summed E-state index contributed by atoms with van der Waals surface area (Å²) >= 11 is 0. The summed E-state index contributed by atoms with van der Waals surface area (Å²) in [7, 11) is 0. The third-order valence-corrected chi connectivity index (χ3v) is 5.62. The SMILES string of the molecule is CC(C)(C(=O)O)c1ccccc1.CC(C)(C)c1ccccc1.CC(C)(CO)c1ccccc1. The van der Waals surface area contributed by atoms with E-state index in [-0.39, 0.29) is 12.0 Å². The number of aliphatic hydroxyl groups is 1. The molecule has 3 aromatic rings. The highest BCUT2D eigenvalue weighted by Gasteiger charge is 2.28. The van der Waals surface area contributed by atoms with Crippen LogP contribution < -0.4 is 0 Å². The number of carbonyl (C=O) groups is 1. The topological polar surface area (TPSA) is 57.5 Å². The Morgan fingerprint density at radius 1 is 0.606 bits per heavy atom. The number of aliphatic hydroxyl groups excluding tert-OH is 1. The molecule has 3 heteroatoms. The lowest BCUT2D eigenvalue weighted by atomic mass is 9.85. The summed E-state index contributed by atoms with van der Waals surface area (Å²) in [6, 6.07) is 29.8. The monoisotopic (exact) mass is 448 g/mol. The fraction of sp³-hybridized carbons (Fsp3) is 0.367. The van der Waals surface area contributed by atoms with Crippen LogP contribution in [0.5, 0.6) is 0 Å². The largest absolute Gasteiger partial charge is 0.481 e. The van der Waals surface area contributed by atoms with Gasteiger partial charge in [0.2, 0.25) is 0 Å². The van der Waals surface area contributed by atoms with Gasteiger partial charge < -0.3 is 10.2 Å². The van der Waals surface area contributed by atoms with Crippen LogP contribution in [-0.2, 0) is 21.0 Å². The van der Waals surface area contributed by atoms with E-state index in [0.29, 0.717) is 5.41 Å². The molecule has 178 valence electrons.